The highest BCUT2D eigenvalue weighted by Crippen LogP contribution is 2.16. The maximum Gasteiger partial charge on any atom is 0.343 e. The van der Waals surface area contributed by atoms with Gasteiger partial charge in [-0.2, -0.15) is 0 Å². The van der Waals surface area contributed by atoms with Gasteiger partial charge in [-0.3, -0.25) is 4.79 Å². The third-order valence-corrected chi connectivity index (χ3v) is 2.71. The zero-order valence-corrected chi connectivity index (χ0v) is 12.7. The van der Waals surface area contributed by atoms with Gasteiger partial charge in [0, 0.05) is 30.3 Å². The van der Waals surface area contributed by atoms with Gasteiger partial charge in [-0.15, -0.1) is 0 Å². The van der Waals surface area contributed by atoms with E-state index in [-0.39, 0.29) is 18.0 Å². The second kappa shape index (κ2) is 7.09. The average molecular weight is 326 g/mol. The van der Waals surface area contributed by atoms with Crippen LogP contribution in [0.15, 0.2) is 40.5 Å². The van der Waals surface area contributed by atoms with E-state index in [1.165, 1.54) is 6.20 Å². The largest absolute Gasteiger partial charge is 0.462 e. The molecule has 0 bridgehead atoms. The fourth-order valence-corrected chi connectivity index (χ4v) is 1.86. The molecular weight excluding hydrogens is 310 g/mol. The number of carbonyl (C=O) groups excluding carboxylic acids is 2. The third kappa shape index (κ3) is 4.52. The first-order valence-electron chi connectivity index (χ1n) is 5.81. The van der Waals surface area contributed by atoms with Crippen LogP contribution in [0.5, 0.6) is 0 Å². The van der Waals surface area contributed by atoms with Crippen LogP contribution in [-0.2, 0) is 9.53 Å². The van der Waals surface area contributed by atoms with E-state index in [1.807, 2.05) is 6.07 Å². The molecule has 5 heteroatoms. The van der Waals surface area contributed by atoms with Crippen molar-refractivity contribution in [1.29, 1.82) is 0 Å². The first kappa shape index (κ1) is 15.4. The van der Waals surface area contributed by atoms with Gasteiger partial charge in [0.25, 0.3) is 0 Å². The number of esters is 1. The van der Waals surface area contributed by atoms with E-state index in [9.17, 15) is 9.59 Å². The molecule has 1 rings (SSSR count). The van der Waals surface area contributed by atoms with E-state index >= 15 is 0 Å². The maximum atomic E-state index is 12.3. The number of Topliss-reactive ketones (excluding diaryl/α,β-unsaturated/α-hetero) is 1. The molecule has 0 aliphatic rings. The predicted octanol–water partition coefficient (Wildman–Crippen LogP) is 2.64. The molecule has 0 heterocycles. The number of halogens is 1. The van der Waals surface area contributed by atoms with Crippen LogP contribution in [0, 0.1) is 0 Å². The summed E-state index contributed by atoms with van der Waals surface area (Å²) in [6, 6.07) is 6.90. The molecule has 0 spiro atoms. The molecule has 0 fully saturated rings. The number of hydrogen-bond donors (Lipinski definition) is 0. The van der Waals surface area contributed by atoms with Crippen molar-refractivity contribution in [1.82, 2.24) is 4.90 Å². The van der Waals surface area contributed by atoms with Gasteiger partial charge in [0.15, 0.2) is 0 Å². The molecular formula is C14H16BrNO3. The minimum atomic E-state index is -0.610. The summed E-state index contributed by atoms with van der Waals surface area (Å²) >= 11 is 3.30. The van der Waals surface area contributed by atoms with Crippen molar-refractivity contribution < 1.29 is 14.3 Å². The second-order valence-corrected chi connectivity index (χ2v) is 4.98. The summed E-state index contributed by atoms with van der Waals surface area (Å²) in [6.45, 7) is 1.93. The summed E-state index contributed by atoms with van der Waals surface area (Å²) in [5.74, 6) is -0.963. The Morgan fingerprint density at radius 2 is 2.05 bits per heavy atom. The first-order valence-corrected chi connectivity index (χ1v) is 6.60. The average Bonchev–Trinajstić information content (AvgIpc) is 2.35. The summed E-state index contributed by atoms with van der Waals surface area (Å²) in [5, 5.41) is 0. The molecule has 0 radical (unpaired) electrons. The highest BCUT2D eigenvalue weighted by atomic mass is 79.9. The number of carbonyl (C=O) groups is 2. The number of ketones is 1. The fourth-order valence-electron chi connectivity index (χ4n) is 1.46. The van der Waals surface area contributed by atoms with Gasteiger partial charge >= 0.3 is 5.97 Å². The number of benzene rings is 1. The highest BCUT2D eigenvalue weighted by molar-refractivity contribution is 9.10. The van der Waals surface area contributed by atoms with Gasteiger partial charge in [0.1, 0.15) is 5.57 Å². The Morgan fingerprint density at radius 1 is 1.37 bits per heavy atom. The number of rotatable bonds is 5. The molecule has 0 aromatic heterocycles. The Morgan fingerprint density at radius 3 is 2.58 bits per heavy atom. The lowest BCUT2D eigenvalue weighted by Gasteiger charge is -2.10. The van der Waals surface area contributed by atoms with Crippen LogP contribution in [0.25, 0.3) is 0 Å². The van der Waals surface area contributed by atoms with Gasteiger partial charge in [0.2, 0.25) is 5.78 Å². The summed E-state index contributed by atoms with van der Waals surface area (Å²) in [4.78, 5) is 25.8. The van der Waals surface area contributed by atoms with Crippen molar-refractivity contribution in [3.8, 4) is 0 Å². The van der Waals surface area contributed by atoms with Gasteiger partial charge in [0.05, 0.1) is 6.61 Å². The van der Waals surface area contributed by atoms with Gasteiger partial charge in [-0.05, 0) is 19.1 Å². The molecule has 0 aliphatic carbocycles. The molecule has 4 nitrogen and oxygen atoms in total. The van der Waals surface area contributed by atoms with E-state index < -0.39 is 5.97 Å². The van der Waals surface area contributed by atoms with E-state index in [0.717, 1.165) is 4.47 Å². The van der Waals surface area contributed by atoms with Crippen LogP contribution < -0.4 is 0 Å². The standard InChI is InChI=1S/C14H16BrNO3/c1-4-19-14(18)12(9-16(2)3)13(17)10-6-5-7-11(15)8-10/h5-9H,4H2,1-3H3. The number of nitrogens with zero attached hydrogens (tertiary/aromatic N) is 1. The molecule has 1 aromatic rings. The Bertz CT molecular complexity index is 509. The number of hydrogen-bond acceptors (Lipinski definition) is 4. The zero-order chi connectivity index (χ0) is 14.4. The van der Waals surface area contributed by atoms with E-state index in [2.05, 4.69) is 15.9 Å². The third-order valence-electron chi connectivity index (χ3n) is 2.21. The summed E-state index contributed by atoms with van der Waals surface area (Å²) < 4.78 is 5.70. The molecule has 1 aromatic carbocycles. The molecule has 0 amide bonds. The molecule has 19 heavy (non-hydrogen) atoms. The van der Waals surface area contributed by atoms with Gasteiger partial charge < -0.3 is 9.64 Å². The highest BCUT2D eigenvalue weighted by Gasteiger charge is 2.21. The smallest absolute Gasteiger partial charge is 0.343 e. The van der Waals surface area contributed by atoms with Crippen molar-refractivity contribution in [2.75, 3.05) is 20.7 Å². The van der Waals surface area contributed by atoms with E-state index in [4.69, 9.17) is 4.74 Å². The molecule has 0 atom stereocenters. The SMILES string of the molecule is CCOC(=O)C(=CN(C)C)C(=O)c1cccc(Br)c1. The zero-order valence-electron chi connectivity index (χ0n) is 11.1. The fraction of sp³-hybridized carbons (Fsp3) is 0.286. The minimum absolute atomic E-state index is 0.0185. The van der Waals surface area contributed by atoms with Crippen molar-refractivity contribution in [3.63, 3.8) is 0 Å². The lowest BCUT2D eigenvalue weighted by atomic mass is 10.0. The van der Waals surface area contributed by atoms with Crippen molar-refractivity contribution >= 4 is 27.7 Å². The van der Waals surface area contributed by atoms with Crippen molar-refractivity contribution in [2.45, 2.75) is 6.92 Å². The first-order chi connectivity index (χ1) is 8.95. The predicted molar refractivity (Wildman–Crippen MR) is 76.9 cm³/mol. The van der Waals surface area contributed by atoms with Crippen LogP contribution in [-0.4, -0.2) is 37.4 Å². The summed E-state index contributed by atoms with van der Waals surface area (Å²) in [5.41, 5.74) is 0.459. The maximum absolute atomic E-state index is 12.3. The van der Waals surface area contributed by atoms with Crippen LogP contribution in [0.2, 0.25) is 0 Å². The topological polar surface area (TPSA) is 46.6 Å². The normalized spacial score (nSPS) is 11.1. The Labute approximate surface area is 121 Å². The van der Waals surface area contributed by atoms with Gasteiger partial charge in [-0.1, -0.05) is 28.1 Å². The van der Waals surface area contributed by atoms with E-state index in [1.54, 1.807) is 44.1 Å². The molecule has 0 aliphatic heterocycles. The van der Waals surface area contributed by atoms with Crippen molar-refractivity contribution in [3.05, 3.63) is 46.1 Å². The Hall–Kier alpha value is -1.62. The Kier molecular flexibility index (Phi) is 5.76. The molecule has 0 saturated heterocycles. The van der Waals surface area contributed by atoms with Crippen LogP contribution in [0.4, 0.5) is 0 Å². The quantitative estimate of drug-likeness (QED) is 0.274. The van der Waals surface area contributed by atoms with Crippen LogP contribution in [0.1, 0.15) is 17.3 Å². The van der Waals surface area contributed by atoms with Crippen LogP contribution in [0.3, 0.4) is 0 Å². The summed E-state index contributed by atoms with van der Waals surface area (Å²) in [6.07, 6.45) is 1.47. The number of ether oxygens (including phenoxy) is 1. The molecule has 0 unspecified atom stereocenters. The molecule has 0 saturated carbocycles. The van der Waals surface area contributed by atoms with E-state index in [0.29, 0.717) is 5.56 Å². The molecule has 102 valence electrons. The van der Waals surface area contributed by atoms with Crippen molar-refractivity contribution in [2.24, 2.45) is 0 Å². The van der Waals surface area contributed by atoms with Gasteiger partial charge in [-0.25, -0.2) is 4.79 Å². The lowest BCUT2D eigenvalue weighted by Crippen LogP contribution is -2.19. The lowest BCUT2D eigenvalue weighted by molar-refractivity contribution is -0.138. The molecule has 0 N–H and O–H groups in total. The summed E-state index contributed by atoms with van der Waals surface area (Å²) in [7, 11) is 3.49. The monoisotopic (exact) mass is 325 g/mol. The van der Waals surface area contributed by atoms with Crippen LogP contribution >= 0.6 is 15.9 Å². The minimum Gasteiger partial charge on any atom is -0.462 e. The Balaban J connectivity index is 3.12. The second-order valence-electron chi connectivity index (χ2n) is 4.07.